The first-order valence-corrected chi connectivity index (χ1v) is 8.82. The summed E-state index contributed by atoms with van der Waals surface area (Å²) in [5.41, 5.74) is 3.03. The molecular weight excluding hydrogens is 332 g/mol. The number of hydrogen-bond acceptors (Lipinski definition) is 4. The van der Waals surface area contributed by atoms with Gasteiger partial charge in [-0.15, -0.1) is 5.10 Å². The van der Waals surface area contributed by atoms with Crippen LogP contribution in [0.3, 0.4) is 0 Å². The highest BCUT2D eigenvalue weighted by molar-refractivity contribution is 7.99. The summed E-state index contributed by atoms with van der Waals surface area (Å²) < 4.78 is 0. The van der Waals surface area contributed by atoms with Crippen LogP contribution in [0.1, 0.15) is 17.0 Å². The van der Waals surface area contributed by atoms with Gasteiger partial charge in [0.15, 0.2) is 0 Å². The minimum Gasteiger partial charge on any atom is -0.325 e. The first kappa shape index (κ1) is 17.0. The number of thioether (sulfide) groups is 1. The lowest BCUT2D eigenvalue weighted by Gasteiger charge is -2.04. The van der Waals surface area contributed by atoms with Crippen molar-refractivity contribution >= 4 is 35.5 Å². The maximum absolute atomic E-state index is 12.0. The van der Waals surface area contributed by atoms with Gasteiger partial charge in [-0.1, -0.05) is 65.9 Å². The van der Waals surface area contributed by atoms with Crippen LogP contribution in [0.5, 0.6) is 0 Å². The summed E-state index contributed by atoms with van der Waals surface area (Å²) in [7, 11) is 0. The highest BCUT2D eigenvalue weighted by atomic mass is 32.2. The molecule has 0 fully saturated rings. The molecule has 0 spiro atoms. The van der Waals surface area contributed by atoms with Crippen LogP contribution in [0.2, 0.25) is 0 Å². The van der Waals surface area contributed by atoms with Crippen molar-refractivity contribution < 1.29 is 4.79 Å². The normalized spacial score (nSPS) is 10.9. The number of H-pyrrole nitrogens is 1. The Kier molecular flexibility index (Phi) is 5.64. The molecule has 25 heavy (non-hydrogen) atoms. The predicted molar refractivity (Wildman–Crippen MR) is 102 cm³/mol. The molecule has 3 aromatic rings. The lowest BCUT2D eigenvalue weighted by atomic mass is 10.2. The van der Waals surface area contributed by atoms with Crippen molar-refractivity contribution in [1.82, 2.24) is 15.2 Å². The summed E-state index contributed by atoms with van der Waals surface area (Å²) >= 11 is 1.29. The predicted octanol–water partition coefficient (Wildman–Crippen LogP) is 4.01. The summed E-state index contributed by atoms with van der Waals surface area (Å²) in [5.74, 6) is 0.832. The van der Waals surface area contributed by atoms with Gasteiger partial charge in [-0.25, -0.2) is 4.98 Å². The van der Waals surface area contributed by atoms with Crippen LogP contribution < -0.4 is 5.32 Å². The third-order valence-electron chi connectivity index (χ3n) is 3.38. The number of carbonyl (C=O) groups is 1. The van der Waals surface area contributed by atoms with Crippen LogP contribution in [-0.4, -0.2) is 26.8 Å². The number of aromatic nitrogens is 3. The highest BCUT2D eigenvalue weighted by Crippen LogP contribution is 2.15. The van der Waals surface area contributed by atoms with E-state index < -0.39 is 0 Å². The third kappa shape index (κ3) is 5.32. The number of hydrogen-bond donors (Lipinski definition) is 2. The topological polar surface area (TPSA) is 70.7 Å². The van der Waals surface area contributed by atoms with Gasteiger partial charge in [0.2, 0.25) is 11.1 Å². The molecule has 1 heterocycles. The first-order valence-electron chi connectivity index (χ1n) is 7.84. The molecule has 0 aliphatic heterocycles. The second kappa shape index (κ2) is 8.30. The number of rotatable bonds is 6. The Morgan fingerprint density at radius 2 is 1.88 bits per heavy atom. The van der Waals surface area contributed by atoms with Gasteiger partial charge < -0.3 is 5.32 Å². The van der Waals surface area contributed by atoms with Crippen molar-refractivity contribution in [2.24, 2.45) is 0 Å². The molecule has 2 aromatic carbocycles. The number of nitrogens with one attached hydrogen (secondary N) is 2. The smallest absolute Gasteiger partial charge is 0.234 e. The molecule has 0 aliphatic rings. The van der Waals surface area contributed by atoms with E-state index in [1.165, 1.54) is 11.8 Å². The summed E-state index contributed by atoms with van der Waals surface area (Å²) in [5, 5.41) is 10.4. The Morgan fingerprint density at radius 1 is 1.12 bits per heavy atom. The van der Waals surface area contributed by atoms with Crippen LogP contribution in [0, 0.1) is 6.92 Å². The molecular formula is C19H18N4OS. The number of nitrogens with zero attached hydrogens (tertiary/aromatic N) is 2. The molecule has 0 aliphatic carbocycles. The van der Waals surface area contributed by atoms with Gasteiger partial charge in [-0.05, 0) is 30.7 Å². The molecule has 6 heteroatoms. The van der Waals surface area contributed by atoms with Gasteiger partial charge in [0, 0.05) is 5.69 Å². The molecule has 0 saturated heterocycles. The molecule has 126 valence electrons. The maximum atomic E-state index is 12.0. The van der Waals surface area contributed by atoms with Crippen LogP contribution in [0.25, 0.3) is 12.2 Å². The van der Waals surface area contributed by atoms with Crippen molar-refractivity contribution in [3.63, 3.8) is 0 Å². The van der Waals surface area contributed by atoms with E-state index in [4.69, 9.17) is 0 Å². The minimum atomic E-state index is -0.0833. The van der Waals surface area contributed by atoms with Crippen molar-refractivity contribution in [3.05, 3.63) is 71.5 Å². The zero-order valence-electron chi connectivity index (χ0n) is 13.8. The Hall–Kier alpha value is -2.86. The average molecular weight is 350 g/mol. The Bertz CT molecular complexity index is 857. The van der Waals surface area contributed by atoms with Gasteiger partial charge in [-0.3, -0.25) is 9.89 Å². The lowest BCUT2D eigenvalue weighted by Crippen LogP contribution is -2.14. The molecule has 0 bridgehead atoms. The zero-order chi connectivity index (χ0) is 17.5. The number of carbonyl (C=O) groups excluding carboxylic acids is 1. The molecule has 3 rings (SSSR count). The van der Waals surface area contributed by atoms with Crippen molar-refractivity contribution in [1.29, 1.82) is 0 Å². The van der Waals surface area contributed by atoms with Crippen LogP contribution in [0.15, 0.2) is 59.8 Å². The van der Waals surface area contributed by atoms with E-state index in [1.807, 2.05) is 73.7 Å². The van der Waals surface area contributed by atoms with Crippen molar-refractivity contribution in [3.8, 4) is 0 Å². The van der Waals surface area contributed by atoms with Gasteiger partial charge in [-0.2, -0.15) is 0 Å². The number of anilines is 1. The van der Waals surface area contributed by atoms with Gasteiger partial charge in [0.05, 0.1) is 5.75 Å². The fraction of sp³-hybridized carbons (Fsp3) is 0.105. The fourth-order valence-corrected chi connectivity index (χ4v) is 2.71. The van der Waals surface area contributed by atoms with E-state index in [2.05, 4.69) is 20.5 Å². The Morgan fingerprint density at radius 3 is 2.64 bits per heavy atom. The van der Waals surface area contributed by atoms with Crippen LogP contribution >= 0.6 is 11.8 Å². The average Bonchev–Trinajstić information content (AvgIpc) is 3.09. The number of benzene rings is 2. The summed E-state index contributed by atoms with van der Waals surface area (Å²) in [4.78, 5) is 16.3. The van der Waals surface area contributed by atoms with E-state index in [0.29, 0.717) is 11.0 Å². The van der Waals surface area contributed by atoms with Gasteiger partial charge in [0.25, 0.3) is 0 Å². The second-order valence-corrected chi connectivity index (χ2v) is 6.39. The maximum Gasteiger partial charge on any atom is 0.234 e. The molecule has 2 N–H and O–H groups in total. The highest BCUT2D eigenvalue weighted by Gasteiger charge is 2.07. The third-order valence-corrected chi connectivity index (χ3v) is 4.23. The first-order chi connectivity index (χ1) is 12.2. The standard InChI is InChI=1S/C19H18N4OS/c1-14-7-10-16(11-8-14)20-18(24)13-25-19-21-17(22-23-19)12-9-15-5-3-2-4-6-15/h2-12H,13H2,1H3,(H,20,24)(H,21,22,23)/b12-9+. The Balaban J connectivity index is 1.50. The lowest BCUT2D eigenvalue weighted by molar-refractivity contribution is -0.113. The SMILES string of the molecule is Cc1ccc(NC(=O)CSc2n[nH]c(/C=C/c3ccccc3)n2)cc1. The van der Waals surface area contributed by atoms with Crippen molar-refractivity contribution in [2.75, 3.05) is 11.1 Å². The number of amides is 1. The summed E-state index contributed by atoms with van der Waals surface area (Å²) in [6, 6.07) is 17.7. The molecule has 0 radical (unpaired) electrons. The van der Waals surface area contributed by atoms with E-state index in [0.717, 1.165) is 16.8 Å². The molecule has 5 nitrogen and oxygen atoms in total. The van der Waals surface area contributed by atoms with E-state index in [1.54, 1.807) is 0 Å². The molecule has 0 unspecified atom stereocenters. The minimum absolute atomic E-state index is 0.0833. The monoisotopic (exact) mass is 350 g/mol. The largest absolute Gasteiger partial charge is 0.325 e. The fourth-order valence-electron chi connectivity index (χ4n) is 2.10. The molecule has 0 atom stereocenters. The summed E-state index contributed by atoms with van der Waals surface area (Å²) in [6.45, 7) is 2.01. The number of aryl methyl sites for hydroxylation is 1. The van der Waals surface area contributed by atoms with E-state index in [-0.39, 0.29) is 11.7 Å². The van der Waals surface area contributed by atoms with Gasteiger partial charge in [0.1, 0.15) is 5.82 Å². The van der Waals surface area contributed by atoms with E-state index in [9.17, 15) is 4.79 Å². The molecule has 1 aromatic heterocycles. The quantitative estimate of drug-likeness (QED) is 0.659. The van der Waals surface area contributed by atoms with Crippen LogP contribution in [-0.2, 0) is 4.79 Å². The van der Waals surface area contributed by atoms with Gasteiger partial charge >= 0.3 is 0 Å². The Labute approximate surface area is 150 Å². The summed E-state index contributed by atoms with van der Waals surface area (Å²) in [6.07, 6.45) is 3.82. The van der Waals surface area contributed by atoms with Crippen LogP contribution in [0.4, 0.5) is 5.69 Å². The molecule has 1 amide bonds. The number of aromatic amines is 1. The second-order valence-electron chi connectivity index (χ2n) is 5.45. The van der Waals surface area contributed by atoms with Crippen molar-refractivity contribution in [2.45, 2.75) is 12.1 Å². The molecule has 0 saturated carbocycles. The van der Waals surface area contributed by atoms with E-state index >= 15 is 0 Å². The zero-order valence-corrected chi connectivity index (χ0v) is 14.6.